The van der Waals surface area contributed by atoms with E-state index in [-0.39, 0.29) is 11.5 Å². The molecule has 1 amide bonds. The lowest BCUT2D eigenvalue weighted by molar-refractivity contribution is -0.117. The van der Waals surface area contributed by atoms with Gasteiger partial charge in [-0.25, -0.2) is 0 Å². The van der Waals surface area contributed by atoms with Crippen LogP contribution in [-0.4, -0.2) is 19.1 Å². The largest absolute Gasteiger partial charge is 0.490 e. The maximum atomic E-state index is 12.6. The smallest absolute Gasteiger partial charge is 0.261 e. The number of nitriles is 1. The number of hydrogen-bond donors (Lipinski definition) is 1. The standard InChI is InChI=1S/C29H29IN2O3/c1-3-34-27-18-24(17-26(30)28(27)35-20-23-13-11-21(2)12-14-23)16-25(19-31)29(33)32-15-7-10-22-8-5-4-6-9-22/h4-6,8-9,11-14,16-18H,3,7,10,15,20H2,1-2H3,(H,32,33)/b25-16-. The second-order valence-corrected chi connectivity index (χ2v) is 9.21. The predicted octanol–water partition coefficient (Wildman–Crippen LogP) is 6.23. The molecule has 3 aromatic carbocycles. The summed E-state index contributed by atoms with van der Waals surface area (Å²) in [5, 5.41) is 12.4. The number of benzene rings is 3. The van der Waals surface area contributed by atoms with Crippen molar-refractivity contribution in [2.24, 2.45) is 0 Å². The number of halogens is 1. The minimum absolute atomic E-state index is 0.0521. The van der Waals surface area contributed by atoms with Crippen LogP contribution in [0.15, 0.2) is 72.3 Å². The topological polar surface area (TPSA) is 71.3 Å². The number of aryl methyl sites for hydroxylation is 2. The lowest BCUT2D eigenvalue weighted by atomic mass is 10.1. The molecule has 0 heterocycles. The number of nitrogens with one attached hydrogen (secondary N) is 1. The summed E-state index contributed by atoms with van der Waals surface area (Å²) in [6.45, 7) is 5.34. The number of nitrogens with zero attached hydrogens (tertiary/aromatic N) is 1. The van der Waals surface area contributed by atoms with Crippen molar-refractivity contribution in [3.63, 3.8) is 0 Å². The Morgan fingerprint density at radius 2 is 1.80 bits per heavy atom. The molecular formula is C29H29IN2O3. The molecule has 0 saturated heterocycles. The Labute approximate surface area is 220 Å². The van der Waals surface area contributed by atoms with Gasteiger partial charge in [0, 0.05) is 6.54 Å². The average Bonchev–Trinajstić information content (AvgIpc) is 2.86. The Morgan fingerprint density at radius 1 is 1.06 bits per heavy atom. The number of carbonyl (C=O) groups excluding carboxylic acids is 1. The quantitative estimate of drug-likeness (QED) is 0.126. The van der Waals surface area contributed by atoms with Gasteiger partial charge < -0.3 is 14.8 Å². The third-order valence-electron chi connectivity index (χ3n) is 5.28. The van der Waals surface area contributed by atoms with Crippen LogP contribution >= 0.6 is 22.6 Å². The second-order valence-electron chi connectivity index (χ2n) is 8.05. The van der Waals surface area contributed by atoms with E-state index in [2.05, 4.69) is 52.2 Å². The third kappa shape index (κ3) is 8.15. The SMILES string of the molecule is CCOc1cc(/C=C(/C#N)C(=O)NCCCc2ccccc2)cc(I)c1OCc1ccc(C)cc1. The number of hydrogen-bond acceptors (Lipinski definition) is 4. The van der Waals surface area contributed by atoms with Gasteiger partial charge in [-0.1, -0.05) is 60.2 Å². The fourth-order valence-corrected chi connectivity index (χ4v) is 4.24. The zero-order valence-electron chi connectivity index (χ0n) is 20.0. The van der Waals surface area contributed by atoms with Crippen molar-refractivity contribution in [1.29, 1.82) is 5.26 Å². The summed E-state index contributed by atoms with van der Waals surface area (Å²) in [5.74, 6) is 0.848. The zero-order valence-corrected chi connectivity index (χ0v) is 22.2. The Hall–Kier alpha value is -3.31. The summed E-state index contributed by atoms with van der Waals surface area (Å²) in [7, 11) is 0. The van der Waals surface area contributed by atoms with E-state index in [1.165, 1.54) is 11.1 Å². The Morgan fingerprint density at radius 3 is 2.49 bits per heavy atom. The second kappa shape index (κ2) is 13.5. The Bertz CT molecular complexity index is 1200. The first kappa shape index (κ1) is 26.3. The van der Waals surface area contributed by atoms with E-state index in [0.29, 0.717) is 36.8 Å². The van der Waals surface area contributed by atoms with Gasteiger partial charge in [-0.05, 0) is 84.2 Å². The van der Waals surface area contributed by atoms with E-state index >= 15 is 0 Å². The molecule has 5 nitrogen and oxygen atoms in total. The zero-order chi connectivity index (χ0) is 25.0. The van der Waals surface area contributed by atoms with Gasteiger partial charge in [0.15, 0.2) is 11.5 Å². The van der Waals surface area contributed by atoms with Gasteiger partial charge in [0.25, 0.3) is 5.91 Å². The van der Waals surface area contributed by atoms with Crippen LogP contribution in [0.1, 0.15) is 35.6 Å². The molecule has 0 aliphatic heterocycles. The molecule has 0 fully saturated rings. The summed E-state index contributed by atoms with van der Waals surface area (Å²) < 4.78 is 12.7. The molecule has 3 aromatic rings. The minimum Gasteiger partial charge on any atom is -0.490 e. The van der Waals surface area contributed by atoms with Gasteiger partial charge in [0.2, 0.25) is 0 Å². The summed E-state index contributed by atoms with van der Waals surface area (Å²) in [4.78, 5) is 12.6. The Kier molecular flexibility index (Phi) is 10.2. The van der Waals surface area contributed by atoms with Crippen molar-refractivity contribution < 1.29 is 14.3 Å². The van der Waals surface area contributed by atoms with Crippen LogP contribution in [-0.2, 0) is 17.8 Å². The lowest BCUT2D eigenvalue weighted by Crippen LogP contribution is -2.25. The molecule has 0 bridgehead atoms. The maximum Gasteiger partial charge on any atom is 0.261 e. The molecule has 0 aromatic heterocycles. The average molecular weight is 580 g/mol. The van der Waals surface area contributed by atoms with Crippen molar-refractivity contribution in [3.05, 3.63) is 98.1 Å². The first-order chi connectivity index (χ1) is 17.0. The van der Waals surface area contributed by atoms with Crippen LogP contribution in [0.3, 0.4) is 0 Å². The highest BCUT2D eigenvalue weighted by Crippen LogP contribution is 2.35. The number of amides is 1. The Balaban J connectivity index is 1.68. The van der Waals surface area contributed by atoms with Crippen LogP contribution < -0.4 is 14.8 Å². The summed E-state index contributed by atoms with van der Waals surface area (Å²) in [6, 6.07) is 24.0. The van der Waals surface area contributed by atoms with Gasteiger partial charge >= 0.3 is 0 Å². The molecule has 0 atom stereocenters. The molecule has 0 spiro atoms. The van der Waals surface area contributed by atoms with Crippen molar-refractivity contribution in [2.75, 3.05) is 13.2 Å². The molecule has 0 aliphatic carbocycles. The first-order valence-electron chi connectivity index (χ1n) is 11.6. The molecule has 0 unspecified atom stereocenters. The maximum absolute atomic E-state index is 12.6. The van der Waals surface area contributed by atoms with Crippen molar-refractivity contribution in [1.82, 2.24) is 5.32 Å². The molecule has 1 N–H and O–H groups in total. The lowest BCUT2D eigenvalue weighted by Gasteiger charge is -2.15. The van der Waals surface area contributed by atoms with E-state index in [1.807, 2.05) is 56.3 Å². The van der Waals surface area contributed by atoms with Gasteiger partial charge in [-0.15, -0.1) is 0 Å². The highest BCUT2D eigenvalue weighted by molar-refractivity contribution is 14.1. The van der Waals surface area contributed by atoms with E-state index < -0.39 is 0 Å². The third-order valence-corrected chi connectivity index (χ3v) is 6.08. The van der Waals surface area contributed by atoms with Gasteiger partial charge in [-0.2, -0.15) is 5.26 Å². The molecule has 0 saturated carbocycles. The van der Waals surface area contributed by atoms with Crippen molar-refractivity contribution >= 4 is 34.6 Å². The van der Waals surface area contributed by atoms with Crippen molar-refractivity contribution in [2.45, 2.75) is 33.3 Å². The van der Waals surface area contributed by atoms with Crippen LogP contribution in [0, 0.1) is 21.8 Å². The summed E-state index contributed by atoms with van der Waals surface area (Å²) in [5.41, 5.74) is 4.24. The molecule has 6 heteroatoms. The summed E-state index contributed by atoms with van der Waals surface area (Å²) >= 11 is 2.19. The van der Waals surface area contributed by atoms with Crippen LogP contribution in [0.2, 0.25) is 0 Å². The number of ether oxygens (including phenoxy) is 2. The minimum atomic E-state index is -0.381. The molecular weight excluding hydrogens is 551 g/mol. The van der Waals surface area contributed by atoms with Gasteiger partial charge in [-0.3, -0.25) is 4.79 Å². The number of rotatable bonds is 11. The normalized spacial score (nSPS) is 11.0. The number of carbonyl (C=O) groups is 1. The van der Waals surface area contributed by atoms with Crippen LogP contribution in [0.25, 0.3) is 6.08 Å². The monoisotopic (exact) mass is 580 g/mol. The molecule has 180 valence electrons. The fourth-order valence-electron chi connectivity index (χ4n) is 3.46. The van der Waals surface area contributed by atoms with Crippen molar-refractivity contribution in [3.8, 4) is 17.6 Å². The molecule has 3 rings (SSSR count). The van der Waals surface area contributed by atoms with Gasteiger partial charge in [0.05, 0.1) is 10.2 Å². The fraction of sp³-hybridized carbons (Fsp3) is 0.241. The molecule has 0 aliphatic rings. The molecule has 0 radical (unpaired) electrons. The first-order valence-corrected chi connectivity index (χ1v) is 12.7. The van der Waals surface area contributed by atoms with E-state index in [0.717, 1.165) is 22.0 Å². The highest BCUT2D eigenvalue weighted by Gasteiger charge is 2.14. The van der Waals surface area contributed by atoms with E-state index in [9.17, 15) is 10.1 Å². The van der Waals surface area contributed by atoms with Crippen LogP contribution in [0.4, 0.5) is 0 Å². The van der Waals surface area contributed by atoms with Crippen LogP contribution in [0.5, 0.6) is 11.5 Å². The van der Waals surface area contributed by atoms with E-state index in [4.69, 9.17) is 9.47 Å². The predicted molar refractivity (Wildman–Crippen MR) is 147 cm³/mol. The molecule has 35 heavy (non-hydrogen) atoms. The summed E-state index contributed by atoms with van der Waals surface area (Å²) in [6.07, 6.45) is 3.25. The van der Waals surface area contributed by atoms with Gasteiger partial charge in [0.1, 0.15) is 18.2 Å². The highest BCUT2D eigenvalue weighted by atomic mass is 127. The van der Waals surface area contributed by atoms with E-state index in [1.54, 1.807) is 12.1 Å².